The molecular weight excluding hydrogens is 161 g/mol. The van der Waals surface area contributed by atoms with Crippen molar-refractivity contribution in [1.82, 2.24) is 0 Å². The van der Waals surface area contributed by atoms with E-state index in [9.17, 15) is 13.2 Å². The van der Waals surface area contributed by atoms with E-state index in [1.807, 2.05) is 0 Å². The fraction of sp³-hybridized carbons (Fsp3) is 1.00. The molecule has 0 saturated carbocycles. The molecule has 0 aliphatic rings. The van der Waals surface area contributed by atoms with Gasteiger partial charge in [-0.05, 0) is 19.6 Å². The van der Waals surface area contributed by atoms with Crippen molar-refractivity contribution in [3.8, 4) is 0 Å². The molecule has 0 amide bonds. The van der Waals surface area contributed by atoms with Gasteiger partial charge in [0, 0.05) is 0 Å². The SMILES string of the molecule is [2H]C([2H])(O[Si](C)(C)C)C(F)(F)F. The molecule has 0 bridgehead atoms. The van der Waals surface area contributed by atoms with Crippen LogP contribution in [0.5, 0.6) is 0 Å². The zero-order valence-corrected chi connectivity index (χ0v) is 7.04. The van der Waals surface area contributed by atoms with Gasteiger partial charge >= 0.3 is 6.18 Å². The highest BCUT2D eigenvalue weighted by Crippen LogP contribution is 2.17. The number of hydrogen-bond donors (Lipinski definition) is 0. The summed E-state index contributed by atoms with van der Waals surface area (Å²) >= 11 is 0. The van der Waals surface area contributed by atoms with Crippen LogP contribution in [0.3, 0.4) is 0 Å². The molecule has 0 saturated heterocycles. The molecule has 0 aliphatic heterocycles. The summed E-state index contributed by atoms with van der Waals surface area (Å²) in [4.78, 5) is 0. The predicted molar refractivity (Wildman–Crippen MR) is 35.4 cm³/mol. The highest BCUT2D eigenvalue weighted by molar-refractivity contribution is 6.69. The molecule has 0 rings (SSSR count). The second kappa shape index (κ2) is 2.92. The third-order valence-corrected chi connectivity index (χ3v) is 1.19. The van der Waals surface area contributed by atoms with Gasteiger partial charge in [0.25, 0.3) is 0 Å². The van der Waals surface area contributed by atoms with Gasteiger partial charge in [0.1, 0.15) is 6.56 Å². The van der Waals surface area contributed by atoms with Crippen molar-refractivity contribution in [2.75, 3.05) is 6.56 Å². The maximum Gasteiger partial charge on any atom is 0.410 e. The molecule has 0 spiro atoms. The van der Waals surface area contributed by atoms with Crippen molar-refractivity contribution in [3.63, 3.8) is 0 Å². The zero-order valence-electron chi connectivity index (χ0n) is 8.04. The highest BCUT2D eigenvalue weighted by Gasteiger charge is 2.30. The third-order valence-electron chi connectivity index (χ3n) is 0.473. The second-order valence-electron chi connectivity index (χ2n) is 2.81. The summed E-state index contributed by atoms with van der Waals surface area (Å²) in [5.41, 5.74) is 0. The summed E-state index contributed by atoms with van der Waals surface area (Å²) in [7, 11) is -2.50. The molecular formula is C5H11F3OSi. The lowest BCUT2D eigenvalue weighted by atomic mass is 10.7. The Morgan fingerprint density at radius 3 is 1.90 bits per heavy atom. The van der Waals surface area contributed by atoms with Crippen molar-refractivity contribution in [2.45, 2.75) is 25.8 Å². The van der Waals surface area contributed by atoms with Crippen LogP contribution < -0.4 is 0 Å². The molecule has 62 valence electrons. The molecule has 0 aliphatic carbocycles. The Morgan fingerprint density at radius 2 is 1.80 bits per heavy atom. The largest absolute Gasteiger partial charge is 0.410 e. The van der Waals surface area contributed by atoms with Gasteiger partial charge in [-0.15, -0.1) is 0 Å². The molecule has 0 fully saturated rings. The first kappa shape index (κ1) is 6.66. The van der Waals surface area contributed by atoms with Crippen LogP contribution in [0.4, 0.5) is 13.2 Å². The Morgan fingerprint density at radius 1 is 1.40 bits per heavy atom. The molecule has 5 heteroatoms. The molecule has 0 atom stereocenters. The molecule has 0 aromatic carbocycles. The molecule has 0 aromatic heterocycles. The number of rotatable bonds is 2. The number of hydrogen-bond acceptors (Lipinski definition) is 1. The van der Waals surface area contributed by atoms with Crippen molar-refractivity contribution >= 4 is 8.32 Å². The van der Waals surface area contributed by atoms with Crippen molar-refractivity contribution in [3.05, 3.63) is 0 Å². The van der Waals surface area contributed by atoms with E-state index in [4.69, 9.17) is 2.74 Å². The third kappa shape index (κ3) is 7.97. The molecule has 10 heavy (non-hydrogen) atoms. The predicted octanol–water partition coefficient (Wildman–Crippen LogP) is 2.40. The van der Waals surface area contributed by atoms with Gasteiger partial charge < -0.3 is 4.43 Å². The van der Waals surface area contributed by atoms with Crippen LogP contribution in [-0.4, -0.2) is 21.1 Å². The Bertz CT molecular complexity index is 163. The van der Waals surface area contributed by atoms with E-state index in [-0.39, 0.29) is 0 Å². The summed E-state index contributed by atoms with van der Waals surface area (Å²) in [5, 5.41) is 0. The summed E-state index contributed by atoms with van der Waals surface area (Å²) in [6.07, 6.45) is -4.95. The topological polar surface area (TPSA) is 9.23 Å². The van der Waals surface area contributed by atoms with E-state index >= 15 is 0 Å². The van der Waals surface area contributed by atoms with E-state index < -0.39 is 21.1 Å². The van der Waals surface area contributed by atoms with Gasteiger partial charge in [0.15, 0.2) is 8.32 Å². The van der Waals surface area contributed by atoms with Gasteiger partial charge in [-0.25, -0.2) is 0 Å². The van der Waals surface area contributed by atoms with Crippen molar-refractivity contribution in [1.29, 1.82) is 0 Å². The monoisotopic (exact) mass is 174 g/mol. The Balaban J connectivity index is 4.44. The van der Waals surface area contributed by atoms with Crippen molar-refractivity contribution < 1.29 is 20.3 Å². The molecule has 0 heterocycles. The minimum atomic E-state index is -4.95. The average Bonchev–Trinajstić information content (AvgIpc) is 1.52. The second-order valence-corrected chi connectivity index (χ2v) is 7.24. The Labute approximate surface area is 62.1 Å². The fourth-order valence-electron chi connectivity index (χ4n) is 0.211. The van der Waals surface area contributed by atoms with Crippen LogP contribution >= 0.6 is 0 Å². The van der Waals surface area contributed by atoms with E-state index in [1.54, 1.807) is 0 Å². The molecule has 0 aromatic rings. The van der Waals surface area contributed by atoms with Gasteiger partial charge in [-0.1, -0.05) is 0 Å². The quantitative estimate of drug-likeness (QED) is 0.584. The fourth-order valence-corrected chi connectivity index (χ4v) is 0.633. The average molecular weight is 174 g/mol. The number of halogens is 3. The van der Waals surface area contributed by atoms with E-state index in [2.05, 4.69) is 4.43 Å². The highest BCUT2D eigenvalue weighted by atomic mass is 28.4. The first-order chi connectivity index (χ1) is 4.96. The maximum absolute atomic E-state index is 11.9. The van der Waals surface area contributed by atoms with Crippen LogP contribution in [0.25, 0.3) is 0 Å². The van der Waals surface area contributed by atoms with Crippen LogP contribution in [-0.2, 0) is 4.43 Å². The zero-order chi connectivity index (χ0) is 10.2. The summed E-state index contributed by atoms with van der Waals surface area (Å²) in [6, 6.07) is 0. The van der Waals surface area contributed by atoms with Crippen LogP contribution in [0.15, 0.2) is 0 Å². The van der Waals surface area contributed by atoms with Gasteiger partial charge in [0.2, 0.25) is 0 Å². The van der Waals surface area contributed by atoms with E-state index in [0.717, 1.165) is 0 Å². The van der Waals surface area contributed by atoms with Gasteiger partial charge in [-0.3, -0.25) is 0 Å². The summed E-state index contributed by atoms with van der Waals surface area (Å²) in [6.45, 7) is 0.973. The van der Waals surface area contributed by atoms with Gasteiger partial charge in [-0.2, -0.15) is 13.2 Å². The van der Waals surface area contributed by atoms with E-state index in [0.29, 0.717) is 0 Å². The lowest BCUT2D eigenvalue weighted by molar-refractivity contribution is -0.155. The standard InChI is InChI=1S/C5H11F3OSi/c1-10(2,3)9-4-5(6,7)8/h4H2,1-3H3/i4D2. The lowest BCUT2D eigenvalue weighted by Crippen LogP contribution is -2.31. The van der Waals surface area contributed by atoms with Crippen LogP contribution in [0.2, 0.25) is 19.6 Å². The minimum Gasteiger partial charge on any atom is -0.408 e. The Kier molecular flexibility index (Phi) is 1.94. The first-order valence-electron chi connectivity index (χ1n) is 3.73. The molecule has 0 N–H and O–H groups in total. The summed E-state index contributed by atoms with van der Waals surface area (Å²) in [5.74, 6) is 0. The Hall–Kier alpha value is -0.0331. The van der Waals surface area contributed by atoms with Gasteiger partial charge in [0.05, 0.1) is 2.74 Å². The smallest absolute Gasteiger partial charge is 0.408 e. The van der Waals surface area contributed by atoms with E-state index in [1.165, 1.54) is 19.6 Å². The van der Waals surface area contributed by atoms with Crippen LogP contribution in [0.1, 0.15) is 2.74 Å². The normalized spacial score (nSPS) is 18.2. The summed E-state index contributed by atoms with van der Waals surface area (Å²) < 4.78 is 53.2. The molecule has 0 unspecified atom stereocenters. The number of alkyl halides is 3. The maximum atomic E-state index is 11.9. The first-order valence-corrected chi connectivity index (χ1v) is 6.13. The molecule has 0 radical (unpaired) electrons. The lowest BCUT2D eigenvalue weighted by Gasteiger charge is -2.18. The van der Waals surface area contributed by atoms with Crippen LogP contribution in [0, 0.1) is 0 Å². The van der Waals surface area contributed by atoms with Crippen molar-refractivity contribution in [2.24, 2.45) is 0 Å². The minimum absolute atomic E-state index is 1.50. The molecule has 1 nitrogen and oxygen atoms in total.